The average molecular weight is 332 g/mol. The van der Waals surface area contributed by atoms with Crippen LogP contribution in [0.3, 0.4) is 0 Å². The van der Waals surface area contributed by atoms with Gasteiger partial charge in [-0.1, -0.05) is 41.8 Å². The predicted molar refractivity (Wildman–Crippen MR) is 80.4 cm³/mol. The number of halogens is 2. The summed E-state index contributed by atoms with van der Waals surface area (Å²) in [6, 6.07) is 6.13. The molecule has 3 atom stereocenters. The monoisotopic (exact) mass is 330 g/mol. The van der Waals surface area contributed by atoms with Crippen LogP contribution in [0, 0.1) is 11.8 Å². The SMILES string of the molecule is CCOc1ccc(C(Cl)C2CCCC2C)c(Br)c1. The Morgan fingerprint density at radius 3 is 2.78 bits per heavy atom. The van der Waals surface area contributed by atoms with E-state index in [4.69, 9.17) is 16.3 Å². The topological polar surface area (TPSA) is 9.23 Å². The molecule has 0 bridgehead atoms. The highest BCUT2D eigenvalue weighted by molar-refractivity contribution is 9.10. The summed E-state index contributed by atoms with van der Waals surface area (Å²) in [5.74, 6) is 2.23. The van der Waals surface area contributed by atoms with Gasteiger partial charge in [0.15, 0.2) is 0 Å². The Morgan fingerprint density at radius 2 is 2.22 bits per heavy atom. The molecule has 1 nitrogen and oxygen atoms in total. The van der Waals surface area contributed by atoms with Crippen molar-refractivity contribution in [1.82, 2.24) is 0 Å². The lowest BCUT2D eigenvalue weighted by molar-refractivity contribution is 0.339. The first-order valence-electron chi connectivity index (χ1n) is 6.69. The van der Waals surface area contributed by atoms with Crippen molar-refractivity contribution in [1.29, 1.82) is 0 Å². The summed E-state index contributed by atoms with van der Waals surface area (Å²) < 4.78 is 6.56. The van der Waals surface area contributed by atoms with Gasteiger partial charge in [0.1, 0.15) is 5.75 Å². The normalized spacial score (nSPS) is 25.1. The lowest BCUT2D eigenvalue weighted by Gasteiger charge is -2.23. The third-order valence-electron chi connectivity index (χ3n) is 3.88. The van der Waals surface area contributed by atoms with Crippen LogP contribution in [-0.2, 0) is 0 Å². The molecule has 0 heterocycles. The fourth-order valence-electron chi connectivity index (χ4n) is 2.83. The van der Waals surface area contributed by atoms with Crippen molar-refractivity contribution in [2.24, 2.45) is 11.8 Å². The number of alkyl halides is 1. The minimum Gasteiger partial charge on any atom is -0.494 e. The minimum atomic E-state index is 0.104. The minimum absolute atomic E-state index is 0.104. The second kappa shape index (κ2) is 6.29. The Hall–Kier alpha value is -0.210. The van der Waals surface area contributed by atoms with Gasteiger partial charge >= 0.3 is 0 Å². The van der Waals surface area contributed by atoms with Gasteiger partial charge in [0.05, 0.1) is 12.0 Å². The molecule has 0 aromatic heterocycles. The molecule has 1 aliphatic rings. The van der Waals surface area contributed by atoms with Crippen LogP contribution < -0.4 is 4.74 Å². The molecule has 0 amide bonds. The van der Waals surface area contributed by atoms with Crippen LogP contribution in [0.25, 0.3) is 0 Å². The van der Waals surface area contributed by atoms with Crippen molar-refractivity contribution in [2.75, 3.05) is 6.61 Å². The summed E-state index contributed by atoms with van der Waals surface area (Å²) in [6.07, 6.45) is 3.86. The largest absolute Gasteiger partial charge is 0.494 e. The van der Waals surface area contributed by atoms with Crippen LogP contribution in [0.5, 0.6) is 5.75 Å². The van der Waals surface area contributed by atoms with Crippen LogP contribution in [-0.4, -0.2) is 6.61 Å². The molecule has 0 spiro atoms. The lowest BCUT2D eigenvalue weighted by atomic mass is 9.90. The number of rotatable bonds is 4. The highest BCUT2D eigenvalue weighted by Crippen LogP contribution is 2.45. The van der Waals surface area contributed by atoms with Crippen molar-refractivity contribution < 1.29 is 4.74 Å². The molecule has 0 aliphatic heterocycles. The maximum Gasteiger partial charge on any atom is 0.120 e. The highest BCUT2D eigenvalue weighted by Gasteiger charge is 2.31. The van der Waals surface area contributed by atoms with Gasteiger partial charge in [-0.05, 0) is 42.9 Å². The zero-order valence-electron chi connectivity index (χ0n) is 11.0. The molecular weight excluding hydrogens is 312 g/mol. The molecule has 1 aliphatic carbocycles. The Balaban J connectivity index is 2.17. The Bertz CT molecular complexity index is 407. The van der Waals surface area contributed by atoms with Gasteiger partial charge in [-0.2, -0.15) is 0 Å². The maximum absolute atomic E-state index is 6.67. The van der Waals surface area contributed by atoms with Gasteiger partial charge in [0, 0.05) is 4.47 Å². The zero-order valence-corrected chi connectivity index (χ0v) is 13.3. The van der Waals surface area contributed by atoms with E-state index in [1.54, 1.807) is 0 Å². The molecular formula is C15H20BrClO. The number of ether oxygens (including phenoxy) is 1. The second-order valence-electron chi connectivity index (χ2n) is 5.09. The molecule has 18 heavy (non-hydrogen) atoms. The van der Waals surface area contributed by atoms with E-state index in [1.165, 1.54) is 24.8 Å². The van der Waals surface area contributed by atoms with Gasteiger partial charge in [0.25, 0.3) is 0 Å². The van der Waals surface area contributed by atoms with Gasteiger partial charge in [-0.15, -0.1) is 11.6 Å². The van der Waals surface area contributed by atoms with E-state index in [2.05, 4.69) is 28.9 Å². The van der Waals surface area contributed by atoms with Gasteiger partial charge < -0.3 is 4.74 Å². The third-order valence-corrected chi connectivity index (χ3v) is 5.13. The molecule has 3 heteroatoms. The van der Waals surface area contributed by atoms with Crippen LogP contribution in [0.15, 0.2) is 22.7 Å². The zero-order chi connectivity index (χ0) is 13.1. The predicted octanol–water partition coefficient (Wildman–Crippen LogP) is 5.56. The van der Waals surface area contributed by atoms with E-state index in [1.807, 2.05) is 19.1 Å². The fraction of sp³-hybridized carbons (Fsp3) is 0.600. The molecule has 0 saturated heterocycles. The first-order chi connectivity index (χ1) is 8.63. The van der Waals surface area contributed by atoms with Crippen molar-refractivity contribution in [3.05, 3.63) is 28.2 Å². The second-order valence-corrected chi connectivity index (χ2v) is 6.41. The molecule has 2 rings (SSSR count). The van der Waals surface area contributed by atoms with Gasteiger partial charge in [0.2, 0.25) is 0 Å². The first-order valence-corrected chi connectivity index (χ1v) is 7.92. The van der Waals surface area contributed by atoms with Crippen LogP contribution in [0.2, 0.25) is 0 Å². The smallest absolute Gasteiger partial charge is 0.120 e. The molecule has 0 radical (unpaired) electrons. The maximum atomic E-state index is 6.67. The number of hydrogen-bond acceptors (Lipinski definition) is 1. The highest BCUT2D eigenvalue weighted by atomic mass is 79.9. The van der Waals surface area contributed by atoms with Gasteiger partial charge in [-0.25, -0.2) is 0 Å². The molecule has 100 valence electrons. The van der Waals surface area contributed by atoms with E-state index < -0.39 is 0 Å². The standard InChI is InChI=1S/C15H20BrClO/c1-3-18-11-7-8-13(14(16)9-11)15(17)12-6-4-5-10(12)2/h7-10,12,15H,3-6H2,1-2H3. The third kappa shape index (κ3) is 3.03. The van der Waals surface area contributed by atoms with Crippen molar-refractivity contribution >= 4 is 27.5 Å². The quantitative estimate of drug-likeness (QED) is 0.656. The van der Waals surface area contributed by atoms with E-state index in [9.17, 15) is 0 Å². The summed E-state index contributed by atoms with van der Waals surface area (Å²) in [7, 11) is 0. The molecule has 0 N–H and O–H groups in total. The Kier molecular flexibility index (Phi) is 4.97. The molecule has 1 aromatic rings. The first kappa shape index (κ1) is 14.2. The van der Waals surface area contributed by atoms with Crippen LogP contribution in [0.4, 0.5) is 0 Å². The lowest BCUT2D eigenvalue weighted by Crippen LogP contribution is -2.11. The number of hydrogen-bond donors (Lipinski definition) is 0. The summed E-state index contributed by atoms with van der Waals surface area (Å²) in [4.78, 5) is 0. The van der Waals surface area contributed by atoms with E-state index >= 15 is 0 Å². The summed E-state index contributed by atoms with van der Waals surface area (Å²) in [5, 5.41) is 0.104. The Labute approximate surface area is 123 Å². The van der Waals surface area contributed by atoms with Crippen LogP contribution >= 0.6 is 27.5 Å². The van der Waals surface area contributed by atoms with Crippen molar-refractivity contribution in [3.8, 4) is 5.75 Å². The number of benzene rings is 1. The molecule has 1 fully saturated rings. The van der Waals surface area contributed by atoms with E-state index in [-0.39, 0.29) is 5.38 Å². The fourth-order valence-corrected chi connectivity index (χ4v) is 4.13. The average Bonchev–Trinajstić information content (AvgIpc) is 2.75. The van der Waals surface area contributed by atoms with E-state index in [0.29, 0.717) is 12.5 Å². The summed E-state index contributed by atoms with van der Waals surface area (Å²) >= 11 is 10.3. The molecule has 3 unspecified atom stereocenters. The van der Waals surface area contributed by atoms with Crippen molar-refractivity contribution in [2.45, 2.75) is 38.5 Å². The molecule has 1 aromatic carbocycles. The van der Waals surface area contributed by atoms with E-state index in [0.717, 1.165) is 16.1 Å². The molecule has 1 saturated carbocycles. The summed E-state index contributed by atoms with van der Waals surface area (Å²) in [6.45, 7) is 5.00. The van der Waals surface area contributed by atoms with Crippen LogP contribution in [0.1, 0.15) is 44.1 Å². The van der Waals surface area contributed by atoms with Gasteiger partial charge in [-0.3, -0.25) is 0 Å². The van der Waals surface area contributed by atoms with Crippen molar-refractivity contribution in [3.63, 3.8) is 0 Å². The Morgan fingerprint density at radius 1 is 1.44 bits per heavy atom. The summed E-state index contributed by atoms with van der Waals surface area (Å²) in [5.41, 5.74) is 1.19.